The lowest BCUT2D eigenvalue weighted by Gasteiger charge is -2.50. The van der Waals surface area contributed by atoms with Crippen molar-refractivity contribution >= 4 is 11.8 Å². The highest BCUT2D eigenvalue weighted by Gasteiger charge is 2.52. The van der Waals surface area contributed by atoms with Gasteiger partial charge in [0.15, 0.2) is 0 Å². The van der Waals surface area contributed by atoms with Gasteiger partial charge in [-0.15, -0.1) is 0 Å². The largest absolute Gasteiger partial charge is 0.376 e. The number of nitrogens with zero attached hydrogens (tertiary/aromatic N) is 1. The first-order chi connectivity index (χ1) is 10.1. The van der Waals surface area contributed by atoms with Gasteiger partial charge in [0, 0.05) is 13.2 Å². The van der Waals surface area contributed by atoms with E-state index in [-0.39, 0.29) is 17.9 Å². The molecule has 1 spiro atoms. The number of ether oxygens (including phenoxy) is 1. The lowest BCUT2D eigenvalue weighted by atomic mass is 9.77. The van der Waals surface area contributed by atoms with Crippen molar-refractivity contribution in [3.8, 4) is 0 Å². The van der Waals surface area contributed by atoms with Crippen molar-refractivity contribution in [2.45, 2.75) is 76.0 Å². The van der Waals surface area contributed by atoms with Crippen LogP contribution in [0.2, 0.25) is 0 Å². The Morgan fingerprint density at radius 1 is 1.19 bits per heavy atom. The monoisotopic (exact) mass is 294 g/mol. The zero-order valence-electron chi connectivity index (χ0n) is 12.9. The number of carbonyl (C=O) groups excluding carboxylic acids is 2. The molecule has 1 N–H and O–H groups in total. The summed E-state index contributed by atoms with van der Waals surface area (Å²) in [6.07, 6.45) is 8.15. The number of nitrogens with one attached hydrogen (secondary N) is 1. The van der Waals surface area contributed by atoms with E-state index >= 15 is 0 Å². The van der Waals surface area contributed by atoms with Crippen LogP contribution in [-0.2, 0) is 14.3 Å². The third kappa shape index (κ3) is 2.68. The molecule has 118 valence electrons. The fourth-order valence-electron chi connectivity index (χ4n) is 4.01. The molecule has 2 saturated heterocycles. The van der Waals surface area contributed by atoms with Crippen LogP contribution >= 0.6 is 0 Å². The van der Waals surface area contributed by atoms with Crippen molar-refractivity contribution in [3.05, 3.63) is 0 Å². The van der Waals surface area contributed by atoms with E-state index in [4.69, 9.17) is 4.74 Å². The van der Waals surface area contributed by atoms with Crippen molar-refractivity contribution in [1.29, 1.82) is 0 Å². The molecule has 0 bridgehead atoms. The molecule has 0 aromatic carbocycles. The lowest BCUT2D eigenvalue weighted by Crippen LogP contribution is -2.71. The third-order valence-corrected chi connectivity index (χ3v) is 5.26. The Morgan fingerprint density at radius 3 is 2.62 bits per heavy atom. The Bertz CT molecular complexity index is 412. The van der Waals surface area contributed by atoms with Gasteiger partial charge in [-0.2, -0.15) is 0 Å². The van der Waals surface area contributed by atoms with E-state index in [1.54, 1.807) is 6.92 Å². The molecular weight excluding hydrogens is 268 g/mol. The van der Waals surface area contributed by atoms with E-state index in [2.05, 4.69) is 5.32 Å². The van der Waals surface area contributed by atoms with Crippen LogP contribution in [-0.4, -0.2) is 47.6 Å². The second-order valence-electron chi connectivity index (χ2n) is 6.72. The fraction of sp³-hybridized carbons (Fsp3) is 0.875. The Labute approximate surface area is 126 Å². The van der Waals surface area contributed by atoms with Gasteiger partial charge >= 0.3 is 0 Å². The van der Waals surface area contributed by atoms with E-state index in [0.717, 1.165) is 58.0 Å². The highest BCUT2D eigenvalue weighted by Crippen LogP contribution is 2.37. The number of piperazine rings is 1. The Morgan fingerprint density at radius 2 is 1.95 bits per heavy atom. The fourth-order valence-corrected chi connectivity index (χ4v) is 4.01. The van der Waals surface area contributed by atoms with Crippen molar-refractivity contribution in [1.82, 2.24) is 10.2 Å². The highest BCUT2D eigenvalue weighted by molar-refractivity contribution is 5.99. The average Bonchev–Trinajstić information content (AvgIpc) is 2.52. The van der Waals surface area contributed by atoms with Crippen LogP contribution in [0.1, 0.15) is 58.3 Å². The first-order valence-corrected chi connectivity index (χ1v) is 8.37. The molecule has 2 amide bonds. The van der Waals surface area contributed by atoms with Crippen LogP contribution in [0, 0.1) is 0 Å². The first-order valence-electron chi connectivity index (χ1n) is 8.37. The molecule has 21 heavy (non-hydrogen) atoms. The predicted molar refractivity (Wildman–Crippen MR) is 78.7 cm³/mol. The molecule has 2 heterocycles. The van der Waals surface area contributed by atoms with Gasteiger partial charge in [-0.05, 0) is 39.0 Å². The van der Waals surface area contributed by atoms with E-state index in [0.29, 0.717) is 6.54 Å². The van der Waals surface area contributed by atoms with Gasteiger partial charge in [-0.3, -0.25) is 9.59 Å². The second kappa shape index (κ2) is 5.95. The van der Waals surface area contributed by atoms with Crippen molar-refractivity contribution in [2.75, 3.05) is 13.2 Å². The summed E-state index contributed by atoms with van der Waals surface area (Å²) in [5, 5.41) is 2.89. The highest BCUT2D eigenvalue weighted by atomic mass is 16.5. The standard InChI is InChI=1S/C16H26N2O3/c1-12-14(19)18(11-13-7-3-6-10-21-13)16(15(20)17-12)8-4-2-5-9-16/h12-13H,2-11H2,1H3,(H,17,20). The van der Waals surface area contributed by atoms with Crippen LogP contribution in [0.3, 0.4) is 0 Å². The minimum atomic E-state index is -0.608. The quantitative estimate of drug-likeness (QED) is 0.841. The molecule has 5 heteroatoms. The topological polar surface area (TPSA) is 58.6 Å². The zero-order valence-corrected chi connectivity index (χ0v) is 12.9. The summed E-state index contributed by atoms with van der Waals surface area (Å²) >= 11 is 0. The van der Waals surface area contributed by atoms with E-state index in [1.807, 2.05) is 4.90 Å². The van der Waals surface area contributed by atoms with Gasteiger partial charge in [0.25, 0.3) is 0 Å². The smallest absolute Gasteiger partial charge is 0.246 e. The zero-order chi connectivity index (χ0) is 14.9. The number of hydrogen-bond donors (Lipinski definition) is 1. The number of hydrogen-bond acceptors (Lipinski definition) is 3. The maximum Gasteiger partial charge on any atom is 0.246 e. The summed E-state index contributed by atoms with van der Waals surface area (Å²) in [5.74, 6) is 0.107. The molecule has 1 aliphatic carbocycles. The van der Waals surface area contributed by atoms with Gasteiger partial charge in [0.05, 0.1) is 6.10 Å². The van der Waals surface area contributed by atoms with E-state index < -0.39 is 11.6 Å². The normalized spacial score (nSPS) is 33.1. The molecule has 3 aliphatic rings. The van der Waals surface area contributed by atoms with Gasteiger partial charge < -0.3 is 15.0 Å². The van der Waals surface area contributed by atoms with Crippen LogP contribution in [0.4, 0.5) is 0 Å². The molecule has 5 nitrogen and oxygen atoms in total. The van der Waals surface area contributed by atoms with E-state index in [9.17, 15) is 9.59 Å². The Balaban J connectivity index is 1.82. The van der Waals surface area contributed by atoms with Crippen molar-refractivity contribution < 1.29 is 14.3 Å². The Kier molecular flexibility index (Phi) is 4.20. The predicted octanol–water partition coefficient (Wildman–Crippen LogP) is 1.61. The summed E-state index contributed by atoms with van der Waals surface area (Å²) < 4.78 is 5.81. The van der Waals surface area contributed by atoms with Gasteiger partial charge in [-0.25, -0.2) is 0 Å². The molecular formula is C16H26N2O3. The molecule has 1 saturated carbocycles. The molecule has 0 aromatic rings. The summed E-state index contributed by atoms with van der Waals surface area (Å²) in [6.45, 7) is 3.14. The minimum absolute atomic E-state index is 0.0464. The molecule has 0 aromatic heterocycles. The molecule has 2 aliphatic heterocycles. The maximum absolute atomic E-state index is 12.7. The third-order valence-electron chi connectivity index (χ3n) is 5.26. The summed E-state index contributed by atoms with van der Waals surface area (Å²) in [6, 6.07) is -0.409. The lowest BCUT2D eigenvalue weighted by molar-refractivity contribution is -0.163. The van der Waals surface area contributed by atoms with Crippen LogP contribution < -0.4 is 5.32 Å². The summed E-state index contributed by atoms with van der Waals surface area (Å²) in [5.41, 5.74) is -0.608. The van der Waals surface area contributed by atoms with Crippen molar-refractivity contribution in [2.24, 2.45) is 0 Å². The van der Waals surface area contributed by atoms with E-state index in [1.165, 1.54) is 0 Å². The average molecular weight is 294 g/mol. The molecule has 3 fully saturated rings. The Hall–Kier alpha value is -1.10. The first kappa shape index (κ1) is 14.8. The molecule has 0 radical (unpaired) electrons. The number of carbonyl (C=O) groups is 2. The molecule has 2 atom stereocenters. The van der Waals surface area contributed by atoms with Gasteiger partial charge in [0.2, 0.25) is 11.8 Å². The van der Waals surface area contributed by atoms with Crippen LogP contribution in [0.15, 0.2) is 0 Å². The van der Waals surface area contributed by atoms with Crippen LogP contribution in [0.5, 0.6) is 0 Å². The number of amides is 2. The SMILES string of the molecule is CC1NC(=O)C2(CCCCC2)N(CC2CCCCO2)C1=O. The molecule has 3 rings (SSSR count). The van der Waals surface area contributed by atoms with Gasteiger partial charge in [-0.1, -0.05) is 19.3 Å². The maximum atomic E-state index is 12.7. The summed E-state index contributed by atoms with van der Waals surface area (Å²) in [7, 11) is 0. The van der Waals surface area contributed by atoms with Crippen molar-refractivity contribution in [3.63, 3.8) is 0 Å². The minimum Gasteiger partial charge on any atom is -0.376 e. The summed E-state index contributed by atoms with van der Waals surface area (Å²) in [4.78, 5) is 27.2. The molecule has 2 unspecified atom stereocenters. The second-order valence-corrected chi connectivity index (χ2v) is 6.72. The van der Waals surface area contributed by atoms with Gasteiger partial charge in [0.1, 0.15) is 11.6 Å². The number of rotatable bonds is 2. The van der Waals surface area contributed by atoms with Crippen LogP contribution in [0.25, 0.3) is 0 Å².